The van der Waals surface area contributed by atoms with Gasteiger partial charge in [0.05, 0.1) is 11.3 Å². The van der Waals surface area contributed by atoms with E-state index in [1.807, 2.05) is 12.1 Å². The monoisotopic (exact) mass is 369 g/mol. The zero-order valence-electron chi connectivity index (χ0n) is 14.3. The minimum absolute atomic E-state index is 0.160. The molecular weight excluding hydrogens is 350 g/mol. The van der Waals surface area contributed by atoms with Crippen LogP contribution >= 0.6 is 11.3 Å². The van der Waals surface area contributed by atoms with Crippen molar-refractivity contribution in [1.82, 2.24) is 4.98 Å². The van der Waals surface area contributed by atoms with Gasteiger partial charge in [0.25, 0.3) is 5.91 Å². The lowest BCUT2D eigenvalue weighted by Gasteiger charge is -2.04. The molecule has 2 aromatic heterocycles. The van der Waals surface area contributed by atoms with Crippen LogP contribution in [0.4, 0.5) is 11.4 Å². The Morgan fingerprint density at radius 3 is 2.58 bits per heavy atom. The van der Waals surface area contributed by atoms with E-state index < -0.39 is 5.97 Å². The molecule has 7 heteroatoms. The van der Waals surface area contributed by atoms with Crippen molar-refractivity contribution in [3.05, 3.63) is 52.5 Å². The van der Waals surface area contributed by atoms with Gasteiger partial charge in [-0.3, -0.25) is 4.79 Å². The molecule has 0 aliphatic heterocycles. The quantitative estimate of drug-likeness (QED) is 0.605. The number of carbonyl (C=O) groups excluding carboxylic acids is 1. The number of unbranched alkanes of at least 4 members (excludes halogenated alkanes) is 1. The van der Waals surface area contributed by atoms with Crippen LogP contribution in [0.2, 0.25) is 0 Å². The maximum atomic E-state index is 12.6. The van der Waals surface area contributed by atoms with Crippen LogP contribution in [-0.2, 0) is 6.42 Å². The smallest absolute Gasteiger partial charge is 0.335 e. The number of carboxylic acid groups (broad SMARTS) is 1. The molecule has 0 aliphatic carbocycles. The first-order chi connectivity index (χ1) is 12.5. The molecule has 1 amide bonds. The van der Waals surface area contributed by atoms with Crippen molar-refractivity contribution in [2.45, 2.75) is 26.2 Å². The first-order valence-corrected chi connectivity index (χ1v) is 9.14. The zero-order valence-corrected chi connectivity index (χ0v) is 15.1. The molecule has 0 saturated carbocycles. The summed E-state index contributed by atoms with van der Waals surface area (Å²) in [5.74, 6) is -1.34. The molecule has 1 aromatic carbocycles. The van der Waals surface area contributed by atoms with Crippen LogP contribution in [-0.4, -0.2) is 22.0 Å². The summed E-state index contributed by atoms with van der Waals surface area (Å²) in [5, 5.41) is 12.4. The summed E-state index contributed by atoms with van der Waals surface area (Å²) < 4.78 is 0. The number of nitrogens with two attached hydrogens (primary N) is 1. The number of rotatable bonds is 6. The lowest BCUT2D eigenvalue weighted by Crippen LogP contribution is -2.12. The van der Waals surface area contributed by atoms with Crippen molar-refractivity contribution >= 4 is 44.8 Å². The maximum absolute atomic E-state index is 12.6. The van der Waals surface area contributed by atoms with Gasteiger partial charge >= 0.3 is 5.97 Å². The van der Waals surface area contributed by atoms with Crippen molar-refractivity contribution in [3.63, 3.8) is 0 Å². The molecule has 2 heterocycles. The average Bonchev–Trinajstić information content (AvgIpc) is 2.96. The van der Waals surface area contributed by atoms with Crippen LogP contribution in [0.1, 0.15) is 45.5 Å². The fourth-order valence-corrected chi connectivity index (χ4v) is 3.59. The highest BCUT2D eigenvalue weighted by molar-refractivity contribution is 7.21. The van der Waals surface area contributed by atoms with Gasteiger partial charge in [-0.15, -0.1) is 11.3 Å². The van der Waals surface area contributed by atoms with E-state index in [0.717, 1.165) is 35.2 Å². The molecule has 3 rings (SSSR count). The summed E-state index contributed by atoms with van der Waals surface area (Å²) in [6.07, 6.45) is 3.07. The largest absolute Gasteiger partial charge is 0.478 e. The van der Waals surface area contributed by atoms with E-state index in [1.165, 1.54) is 23.5 Å². The summed E-state index contributed by atoms with van der Waals surface area (Å²) in [5.41, 5.74) is 8.22. The van der Waals surface area contributed by atoms with Gasteiger partial charge in [-0.25, -0.2) is 9.78 Å². The second kappa shape index (κ2) is 7.53. The van der Waals surface area contributed by atoms with Crippen LogP contribution in [0.5, 0.6) is 0 Å². The number of nitrogens with one attached hydrogen (secondary N) is 1. The number of amides is 1. The Bertz CT molecular complexity index is 964. The summed E-state index contributed by atoms with van der Waals surface area (Å²) in [4.78, 5) is 29.2. The third kappa shape index (κ3) is 3.67. The predicted molar refractivity (Wildman–Crippen MR) is 104 cm³/mol. The Morgan fingerprint density at radius 2 is 1.92 bits per heavy atom. The second-order valence-corrected chi connectivity index (χ2v) is 6.94. The van der Waals surface area contributed by atoms with E-state index in [1.54, 1.807) is 12.1 Å². The molecule has 0 atom stereocenters. The predicted octanol–water partition coefficient (Wildman–Crippen LogP) is 4.17. The fraction of sp³-hybridized carbons (Fsp3) is 0.211. The second-order valence-electron chi connectivity index (χ2n) is 5.94. The van der Waals surface area contributed by atoms with Gasteiger partial charge in [-0.05, 0) is 49.2 Å². The number of hydrogen-bond acceptors (Lipinski definition) is 5. The van der Waals surface area contributed by atoms with Crippen molar-refractivity contribution in [2.75, 3.05) is 11.1 Å². The minimum atomic E-state index is -1.01. The molecule has 3 aromatic rings. The molecule has 0 unspecified atom stereocenters. The molecular formula is C19H19N3O3S. The SMILES string of the molecule is CCCCc1ccc2c(N)c(C(=O)Nc3ccc(C(=O)O)cc3)sc2n1. The number of nitrogen functional groups attached to an aromatic ring is 1. The van der Waals surface area contributed by atoms with Gasteiger partial charge in [0.2, 0.25) is 0 Å². The molecule has 0 bridgehead atoms. The number of aromatic carboxylic acids is 1. The first kappa shape index (κ1) is 17.9. The summed E-state index contributed by atoms with van der Waals surface area (Å²) in [6, 6.07) is 9.84. The number of anilines is 2. The number of benzene rings is 1. The van der Waals surface area contributed by atoms with Crippen molar-refractivity contribution in [3.8, 4) is 0 Å². The first-order valence-electron chi connectivity index (χ1n) is 8.32. The molecule has 0 radical (unpaired) electrons. The Balaban J connectivity index is 1.83. The number of carboxylic acids is 1. The number of pyridine rings is 1. The molecule has 0 spiro atoms. The number of aryl methyl sites for hydroxylation is 1. The van der Waals surface area contributed by atoms with Crippen LogP contribution in [0.25, 0.3) is 10.2 Å². The summed E-state index contributed by atoms with van der Waals surface area (Å²) in [7, 11) is 0. The highest BCUT2D eigenvalue weighted by Crippen LogP contribution is 2.33. The lowest BCUT2D eigenvalue weighted by atomic mass is 10.1. The lowest BCUT2D eigenvalue weighted by molar-refractivity contribution is 0.0696. The Kier molecular flexibility index (Phi) is 5.18. The molecule has 6 nitrogen and oxygen atoms in total. The number of fused-ring (bicyclic) bond motifs is 1. The Hall–Kier alpha value is -2.93. The van der Waals surface area contributed by atoms with E-state index in [4.69, 9.17) is 10.8 Å². The van der Waals surface area contributed by atoms with Gasteiger partial charge in [0, 0.05) is 16.8 Å². The molecule has 134 valence electrons. The van der Waals surface area contributed by atoms with E-state index in [0.29, 0.717) is 16.3 Å². The van der Waals surface area contributed by atoms with Crippen LogP contribution in [0.15, 0.2) is 36.4 Å². The van der Waals surface area contributed by atoms with E-state index in [2.05, 4.69) is 17.2 Å². The zero-order chi connectivity index (χ0) is 18.7. The molecule has 0 saturated heterocycles. The number of thiophene rings is 1. The van der Waals surface area contributed by atoms with Crippen LogP contribution < -0.4 is 11.1 Å². The molecule has 26 heavy (non-hydrogen) atoms. The van der Waals surface area contributed by atoms with E-state index >= 15 is 0 Å². The van der Waals surface area contributed by atoms with E-state index in [-0.39, 0.29) is 11.5 Å². The highest BCUT2D eigenvalue weighted by atomic mass is 32.1. The number of carbonyl (C=O) groups is 2. The van der Waals surface area contributed by atoms with Gasteiger partial charge in [-0.2, -0.15) is 0 Å². The standard InChI is InChI=1S/C19H19N3O3S/c1-2-3-4-12-9-10-14-15(20)16(26-18(14)22-12)17(23)21-13-7-5-11(6-8-13)19(24)25/h5-10H,2-4,20H2,1H3,(H,21,23)(H,24,25). The van der Waals surface area contributed by atoms with Crippen LogP contribution in [0.3, 0.4) is 0 Å². The maximum Gasteiger partial charge on any atom is 0.335 e. The van der Waals surface area contributed by atoms with Crippen molar-refractivity contribution in [2.24, 2.45) is 0 Å². The summed E-state index contributed by atoms with van der Waals surface area (Å²) >= 11 is 1.26. The number of aromatic nitrogens is 1. The highest BCUT2D eigenvalue weighted by Gasteiger charge is 2.18. The van der Waals surface area contributed by atoms with Gasteiger partial charge < -0.3 is 16.2 Å². The minimum Gasteiger partial charge on any atom is -0.478 e. The summed E-state index contributed by atoms with van der Waals surface area (Å²) in [6.45, 7) is 2.13. The Labute approximate surface area is 154 Å². The van der Waals surface area contributed by atoms with E-state index in [9.17, 15) is 9.59 Å². The van der Waals surface area contributed by atoms with Crippen LogP contribution in [0, 0.1) is 0 Å². The normalized spacial score (nSPS) is 10.8. The van der Waals surface area contributed by atoms with Gasteiger partial charge in [0.15, 0.2) is 0 Å². The number of hydrogen-bond donors (Lipinski definition) is 3. The molecule has 0 fully saturated rings. The third-order valence-corrected chi connectivity index (χ3v) is 5.15. The van der Waals surface area contributed by atoms with Gasteiger partial charge in [-0.1, -0.05) is 13.3 Å². The fourth-order valence-electron chi connectivity index (χ4n) is 2.59. The van der Waals surface area contributed by atoms with Crippen molar-refractivity contribution < 1.29 is 14.7 Å². The topological polar surface area (TPSA) is 105 Å². The molecule has 0 aliphatic rings. The third-order valence-electron chi connectivity index (χ3n) is 4.03. The Morgan fingerprint density at radius 1 is 1.19 bits per heavy atom. The van der Waals surface area contributed by atoms with Crippen molar-refractivity contribution in [1.29, 1.82) is 0 Å². The average molecular weight is 369 g/mol. The number of nitrogens with zero attached hydrogens (tertiary/aromatic N) is 1. The molecule has 4 N–H and O–H groups in total. The van der Waals surface area contributed by atoms with Gasteiger partial charge in [0.1, 0.15) is 9.71 Å².